The molecule has 3 aliphatic heterocycles. The van der Waals surface area contributed by atoms with Crippen LogP contribution < -0.4 is 19.6 Å². The molecule has 3 saturated heterocycles. The van der Waals surface area contributed by atoms with Crippen LogP contribution in [0.1, 0.15) is 46.5 Å². The molecule has 9 rings (SSSR count). The molecule has 6 aromatic rings. The Hall–Kier alpha value is -5.93. The smallest absolute Gasteiger partial charge is 0.158 e. The highest BCUT2D eigenvalue weighted by Gasteiger charge is 2.74. The van der Waals surface area contributed by atoms with E-state index in [-0.39, 0.29) is 5.78 Å². The molecule has 282 valence electrons. The van der Waals surface area contributed by atoms with E-state index in [1.165, 1.54) is 0 Å². The van der Waals surface area contributed by atoms with Gasteiger partial charge in [0.05, 0.1) is 37.7 Å². The van der Waals surface area contributed by atoms with Crippen molar-refractivity contribution in [2.24, 2.45) is 10.8 Å². The van der Waals surface area contributed by atoms with Gasteiger partial charge >= 0.3 is 0 Å². The zero-order valence-corrected chi connectivity index (χ0v) is 31.8. The number of para-hydroxylation sites is 2. The SMILES string of the molecule is COc1ccc([C@H]2ON(c3ccccc3)[C@@H](c3ccccc3)[C@@]23CN(C)C[C@]2(C3=O)[C@H](c3ccc(OC)cc3)ON(c3ccccc3)[C@@H]2c2ccccc2)cc1. The van der Waals surface area contributed by atoms with Gasteiger partial charge in [-0.2, -0.15) is 0 Å². The lowest BCUT2D eigenvalue weighted by atomic mass is 9.54. The van der Waals surface area contributed by atoms with E-state index in [0.717, 1.165) is 45.1 Å². The van der Waals surface area contributed by atoms with Crippen molar-refractivity contribution in [3.8, 4) is 11.5 Å². The second-order valence-electron chi connectivity index (χ2n) is 15.0. The van der Waals surface area contributed by atoms with Crippen molar-refractivity contribution in [3.63, 3.8) is 0 Å². The third kappa shape index (κ3) is 5.75. The molecule has 0 radical (unpaired) electrons. The predicted octanol–water partition coefficient (Wildman–Crippen LogP) is 9.36. The summed E-state index contributed by atoms with van der Waals surface area (Å²) >= 11 is 0. The number of hydrogen-bond acceptors (Lipinski definition) is 8. The lowest BCUT2D eigenvalue weighted by Gasteiger charge is -2.53. The standard InChI is InChI=1S/C48H45N3O5/c1-49-32-47(42(34-16-8-4-9-17-34)50(38-20-12-6-13-21-38)55-44(47)36-24-28-40(53-2)29-25-36)46(52)48(33-49)43(35-18-10-5-11-19-35)51(39-22-14-7-15-23-39)56-45(48)37-26-30-41(54-3)31-27-37/h4-31,42-45H,32-33H2,1-3H3/t42-,43+,44+,45-,47-,48+. The fraction of sp³-hybridized carbons (Fsp3) is 0.229. The summed E-state index contributed by atoms with van der Waals surface area (Å²) < 4.78 is 11.2. The molecule has 6 atom stereocenters. The third-order valence-electron chi connectivity index (χ3n) is 11.8. The van der Waals surface area contributed by atoms with E-state index in [0.29, 0.717) is 13.1 Å². The van der Waals surface area contributed by atoms with Gasteiger partial charge in [0, 0.05) is 13.1 Å². The summed E-state index contributed by atoms with van der Waals surface area (Å²) in [6, 6.07) is 55.9. The van der Waals surface area contributed by atoms with Crippen LogP contribution in [-0.2, 0) is 14.5 Å². The molecule has 56 heavy (non-hydrogen) atoms. The Balaban J connectivity index is 1.34. The Morgan fingerprint density at radius 1 is 0.482 bits per heavy atom. The summed E-state index contributed by atoms with van der Waals surface area (Å²) in [6.45, 7) is 0.880. The number of methoxy groups -OCH3 is 2. The number of carbonyl (C=O) groups excluding carboxylic acids is 1. The minimum Gasteiger partial charge on any atom is -0.497 e. The zero-order valence-electron chi connectivity index (χ0n) is 31.8. The van der Waals surface area contributed by atoms with Crippen molar-refractivity contribution in [3.05, 3.63) is 192 Å². The number of benzene rings is 6. The zero-order chi connectivity index (χ0) is 38.3. The highest BCUT2D eigenvalue weighted by molar-refractivity contribution is 5.97. The fourth-order valence-electron chi connectivity index (χ4n) is 9.57. The fourth-order valence-corrected chi connectivity index (χ4v) is 9.57. The maximum absolute atomic E-state index is 17.2. The Bertz CT molecular complexity index is 2100. The first-order valence-corrected chi connectivity index (χ1v) is 19.1. The van der Waals surface area contributed by atoms with E-state index in [4.69, 9.17) is 19.1 Å². The van der Waals surface area contributed by atoms with Gasteiger partial charge in [0.25, 0.3) is 0 Å². The number of ether oxygens (including phenoxy) is 2. The molecular formula is C48H45N3O5. The molecule has 0 aliphatic carbocycles. The average molecular weight is 744 g/mol. The van der Waals surface area contributed by atoms with Gasteiger partial charge in [-0.1, -0.05) is 121 Å². The van der Waals surface area contributed by atoms with Crippen molar-refractivity contribution in [2.45, 2.75) is 24.3 Å². The number of hydrogen-bond donors (Lipinski definition) is 0. The molecule has 0 amide bonds. The van der Waals surface area contributed by atoms with Gasteiger partial charge < -0.3 is 14.4 Å². The Morgan fingerprint density at radius 2 is 0.821 bits per heavy atom. The van der Waals surface area contributed by atoms with Crippen LogP contribution in [0.4, 0.5) is 11.4 Å². The molecule has 6 aromatic carbocycles. The van der Waals surface area contributed by atoms with Crippen LogP contribution >= 0.6 is 0 Å². The number of ketones is 1. The highest BCUT2D eigenvalue weighted by Crippen LogP contribution is 2.68. The first-order valence-electron chi connectivity index (χ1n) is 19.1. The Morgan fingerprint density at radius 3 is 1.16 bits per heavy atom. The monoisotopic (exact) mass is 743 g/mol. The first-order chi connectivity index (χ1) is 27.5. The first kappa shape index (κ1) is 35.8. The van der Waals surface area contributed by atoms with Crippen molar-refractivity contribution in [1.82, 2.24) is 4.90 Å². The second-order valence-corrected chi connectivity index (χ2v) is 15.0. The highest BCUT2D eigenvalue weighted by atomic mass is 16.7. The average Bonchev–Trinajstić information content (AvgIpc) is 3.78. The van der Waals surface area contributed by atoms with Crippen LogP contribution in [-0.4, -0.2) is 45.0 Å². The summed E-state index contributed by atoms with van der Waals surface area (Å²) in [5.41, 5.74) is 3.20. The maximum Gasteiger partial charge on any atom is 0.158 e. The molecule has 8 nitrogen and oxygen atoms in total. The Labute approximate surface area is 328 Å². The topological polar surface area (TPSA) is 63.7 Å². The van der Waals surface area contributed by atoms with E-state index in [9.17, 15) is 0 Å². The van der Waals surface area contributed by atoms with Gasteiger partial charge in [-0.15, -0.1) is 0 Å². The normalized spacial score (nSPS) is 26.2. The third-order valence-corrected chi connectivity index (χ3v) is 11.8. The number of carbonyl (C=O) groups is 1. The van der Waals surface area contributed by atoms with Gasteiger partial charge in [-0.05, 0) is 77.8 Å². The van der Waals surface area contributed by atoms with Crippen molar-refractivity contribution in [1.29, 1.82) is 0 Å². The molecule has 2 spiro atoms. The lowest BCUT2D eigenvalue weighted by molar-refractivity contribution is -0.160. The minimum atomic E-state index is -1.15. The van der Waals surface area contributed by atoms with Crippen LogP contribution in [0.2, 0.25) is 0 Å². The summed E-state index contributed by atoms with van der Waals surface area (Å²) in [5, 5.41) is 3.97. The van der Waals surface area contributed by atoms with E-state index in [1.54, 1.807) is 14.2 Å². The largest absolute Gasteiger partial charge is 0.497 e. The van der Waals surface area contributed by atoms with Crippen LogP contribution in [0.25, 0.3) is 0 Å². The molecule has 8 heteroatoms. The van der Waals surface area contributed by atoms with E-state index in [2.05, 4.69) is 60.5 Å². The number of likely N-dealkylation sites (tertiary alicyclic amines) is 1. The minimum absolute atomic E-state index is 0.0873. The number of anilines is 2. The Kier molecular flexibility index (Phi) is 9.33. The quantitative estimate of drug-likeness (QED) is 0.153. The van der Waals surface area contributed by atoms with E-state index in [1.807, 2.05) is 131 Å². The molecule has 3 aliphatic rings. The lowest BCUT2D eigenvalue weighted by Crippen LogP contribution is -2.64. The van der Waals surface area contributed by atoms with Crippen molar-refractivity contribution >= 4 is 17.2 Å². The van der Waals surface area contributed by atoms with Gasteiger partial charge in [0.1, 0.15) is 34.5 Å². The van der Waals surface area contributed by atoms with Crippen molar-refractivity contribution in [2.75, 3.05) is 44.5 Å². The number of hydroxylamine groups is 2. The van der Waals surface area contributed by atoms with Crippen LogP contribution in [0.5, 0.6) is 11.5 Å². The van der Waals surface area contributed by atoms with Crippen LogP contribution in [0.15, 0.2) is 170 Å². The number of Topliss-reactive ketones (excluding diaryl/α,β-unsaturated/α-hetero) is 1. The van der Waals surface area contributed by atoms with Gasteiger partial charge in [-0.3, -0.25) is 14.5 Å². The molecular weight excluding hydrogens is 699 g/mol. The maximum atomic E-state index is 17.2. The van der Waals surface area contributed by atoms with Gasteiger partial charge in [0.2, 0.25) is 0 Å². The number of nitrogens with zero attached hydrogens (tertiary/aromatic N) is 3. The number of piperidine rings is 1. The summed E-state index contributed by atoms with van der Waals surface area (Å²) in [5.74, 6) is 1.55. The van der Waals surface area contributed by atoms with E-state index >= 15 is 4.79 Å². The molecule has 3 heterocycles. The molecule has 0 saturated carbocycles. The summed E-state index contributed by atoms with van der Waals surface area (Å²) in [6.07, 6.45) is -1.35. The van der Waals surface area contributed by atoms with Crippen LogP contribution in [0, 0.1) is 10.8 Å². The van der Waals surface area contributed by atoms with Gasteiger partial charge in [0.15, 0.2) is 5.78 Å². The summed E-state index contributed by atoms with van der Waals surface area (Å²) in [7, 11) is 5.46. The molecule has 0 bridgehead atoms. The second kappa shape index (κ2) is 14.6. The van der Waals surface area contributed by atoms with E-state index < -0.39 is 35.1 Å². The van der Waals surface area contributed by atoms with Crippen LogP contribution in [0.3, 0.4) is 0 Å². The predicted molar refractivity (Wildman–Crippen MR) is 217 cm³/mol. The van der Waals surface area contributed by atoms with Crippen molar-refractivity contribution < 1.29 is 23.9 Å². The van der Waals surface area contributed by atoms with Gasteiger partial charge in [-0.25, -0.2) is 10.1 Å². The molecule has 0 unspecified atom stereocenters. The molecule has 3 fully saturated rings. The number of rotatable bonds is 8. The summed E-state index contributed by atoms with van der Waals surface area (Å²) in [4.78, 5) is 34.1. The molecule has 0 aromatic heterocycles. The molecule has 0 N–H and O–H groups in total.